The van der Waals surface area contributed by atoms with Crippen LogP contribution in [0.5, 0.6) is 0 Å². The van der Waals surface area contributed by atoms with E-state index in [1.807, 2.05) is 48.5 Å². The van der Waals surface area contributed by atoms with Crippen LogP contribution in [0, 0.1) is 0 Å². The molecule has 0 atom stereocenters. The van der Waals surface area contributed by atoms with Crippen LogP contribution in [0.25, 0.3) is 0 Å². The minimum atomic E-state index is -0.161. The van der Waals surface area contributed by atoms with Gasteiger partial charge < -0.3 is 0 Å². The fraction of sp³-hybridized carbons (Fsp3) is 0.263. The van der Waals surface area contributed by atoms with Crippen molar-refractivity contribution in [3.63, 3.8) is 0 Å². The molecule has 4 nitrogen and oxygen atoms in total. The summed E-state index contributed by atoms with van der Waals surface area (Å²) in [5.41, 5.74) is 7.04. The lowest BCUT2D eigenvalue weighted by molar-refractivity contribution is -0.0692. The lowest BCUT2D eigenvalue weighted by atomic mass is 9.32. The van der Waals surface area contributed by atoms with Crippen LogP contribution in [0.2, 0.25) is 0 Å². The molecular formula is C38H32O4. The summed E-state index contributed by atoms with van der Waals surface area (Å²) in [6.45, 7) is 0. The van der Waals surface area contributed by atoms with Gasteiger partial charge in [0.15, 0.2) is 0 Å². The van der Waals surface area contributed by atoms with Crippen molar-refractivity contribution in [2.45, 2.75) is 60.2 Å². The Morgan fingerprint density at radius 3 is 0.619 bits per heavy atom. The molecule has 0 N–H and O–H groups in total. The molecule has 0 saturated heterocycles. The topological polar surface area (TPSA) is 68.3 Å². The van der Waals surface area contributed by atoms with Crippen LogP contribution < -0.4 is 0 Å². The Hall–Kier alpha value is -4.44. The molecule has 0 radical (unpaired) electrons. The van der Waals surface area contributed by atoms with Gasteiger partial charge in [-0.25, -0.2) is 0 Å². The summed E-state index contributed by atoms with van der Waals surface area (Å²) in [6, 6.07) is 32.6. The van der Waals surface area contributed by atoms with Crippen molar-refractivity contribution in [2.75, 3.05) is 0 Å². The van der Waals surface area contributed by atoms with Gasteiger partial charge in [-0.15, -0.1) is 0 Å². The Bertz CT molecular complexity index is 1390. The summed E-state index contributed by atoms with van der Waals surface area (Å²) in [7, 11) is 0. The molecule has 0 amide bonds. The van der Waals surface area contributed by atoms with Gasteiger partial charge in [0.25, 0.3) is 0 Å². The first-order valence-electron chi connectivity index (χ1n) is 14.6. The monoisotopic (exact) mass is 552 g/mol. The second kappa shape index (κ2) is 9.55. The number of rotatable bonds is 8. The lowest BCUT2D eigenvalue weighted by Crippen LogP contribution is -2.67. The predicted octanol–water partition coefficient (Wildman–Crippen LogP) is 7.37. The summed E-state index contributed by atoms with van der Waals surface area (Å²) in [4.78, 5) is 46.2. The fourth-order valence-electron chi connectivity index (χ4n) is 9.52. The van der Waals surface area contributed by atoms with E-state index in [2.05, 4.69) is 48.5 Å². The van der Waals surface area contributed by atoms with E-state index in [0.717, 1.165) is 63.7 Å². The van der Waals surface area contributed by atoms with Gasteiger partial charge >= 0.3 is 0 Å². The summed E-state index contributed by atoms with van der Waals surface area (Å²) >= 11 is 0. The molecule has 4 heteroatoms. The number of carbonyl (C=O) groups excluding carboxylic acids is 4. The van der Waals surface area contributed by atoms with Crippen molar-refractivity contribution < 1.29 is 19.2 Å². The predicted molar refractivity (Wildman–Crippen MR) is 162 cm³/mol. The van der Waals surface area contributed by atoms with Gasteiger partial charge in [0.05, 0.1) is 0 Å². The molecule has 4 aliphatic carbocycles. The Morgan fingerprint density at radius 1 is 0.310 bits per heavy atom. The van der Waals surface area contributed by atoms with Crippen molar-refractivity contribution in [3.05, 3.63) is 142 Å². The van der Waals surface area contributed by atoms with Crippen LogP contribution in [0.3, 0.4) is 0 Å². The van der Waals surface area contributed by atoms with Gasteiger partial charge in [0, 0.05) is 22.3 Å². The molecule has 0 spiro atoms. The molecule has 0 heterocycles. The van der Waals surface area contributed by atoms with Crippen molar-refractivity contribution in [1.82, 2.24) is 0 Å². The highest BCUT2D eigenvalue weighted by atomic mass is 16.1. The fourth-order valence-corrected chi connectivity index (χ4v) is 9.52. The Kier molecular flexibility index (Phi) is 6.02. The molecule has 4 aromatic carbocycles. The van der Waals surface area contributed by atoms with Crippen LogP contribution >= 0.6 is 0 Å². The number of carbonyl (C=O) groups is 4. The molecule has 42 heavy (non-hydrogen) atoms. The minimum absolute atomic E-state index is 0.161. The average Bonchev–Trinajstić information content (AvgIpc) is 3.04. The maximum atomic E-state index is 11.6. The van der Waals surface area contributed by atoms with Crippen LogP contribution in [-0.2, 0) is 21.7 Å². The number of benzene rings is 4. The van der Waals surface area contributed by atoms with Gasteiger partial charge in [-0.05, 0) is 82.4 Å². The van der Waals surface area contributed by atoms with E-state index in [-0.39, 0.29) is 21.7 Å². The second-order valence-electron chi connectivity index (χ2n) is 13.1. The lowest BCUT2D eigenvalue weighted by Gasteiger charge is -2.71. The van der Waals surface area contributed by atoms with Gasteiger partial charge in [-0.2, -0.15) is 0 Å². The Morgan fingerprint density at radius 2 is 0.476 bits per heavy atom. The van der Waals surface area contributed by atoms with Crippen LogP contribution in [0.15, 0.2) is 97.1 Å². The van der Waals surface area contributed by atoms with Crippen LogP contribution in [0.4, 0.5) is 0 Å². The average molecular weight is 553 g/mol. The maximum absolute atomic E-state index is 11.6. The minimum Gasteiger partial charge on any atom is -0.298 e. The van der Waals surface area contributed by atoms with E-state index in [0.29, 0.717) is 22.3 Å². The first-order chi connectivity index (χ1) is 20.4. The molecular weight excluding hydrogens is 520 g/mol. The number of hydrogen-bond donors (Lipinski definition) is 0. The molecule has 208 valence electrons. The summed E-state index contributed by atoms with van der Waals surface area (Å²) in [5, 5.41) is 0. The third kappa shape index (κ3) is 3.96. The van der Waals surface area contributed by atoms with Crippen molar-refractivity contribution in [3.8, 4) is 0 Å². The zero-order valence-electron chi connectivity index (χ0n) is 23.4. The largest absolute Gasteiger partial charge is 0.298 e. The van der Waals surface area contributed by atoms with Gasteiger partial charge in [0.2, 0.25) is 0 Å². The van der Waals surface area contributed by atoms with Gasteiger partial charge in [-0.3, -0.25) is 19.2 Å². The molecule has 8 rings (SSSR count). The van der Waals surface area contributed by atoms with Crippen molar-refractivity contribution in [1.29, 1.82) is 0 Å². The number of hydrogen-bond acceptors (Lipinski definition) is 4. The molecule has 4 aliphatic rings. The Balaban J connectivity index is 1.49. The second-order valence-corrected chi connectivity index (χ2v) is 13.1. The molecule has 4 saturated carbocycles. The van der Waals surface area contributed by atoms with E-state index in [4.69, 9.17) is 0 Å². The quantitative estimate of drug-likeness (QED) is 0.214. The maximum Gasteiger partial charge on any atom is 0.150 e. The molecule has 0 unspecified atom stereocenters. The third-order valence-corrected chi connectivity index (χ3v) is 10.7. The summed E-state index contributed by atoms with van der Waals surface area (Å²) < 4.78 is 0. The van der Waals surface area contributed by atoms with E-state index in [1.54, 1.807) is 0 Å². The van der Waals surface area contributed by atoms with Crippen molar-refractivity contribution >= 4 is 25.1 Å². The normalized spacial score (nSPS) is 29.1. The SMILES string of the molecule is O=Cc1ccc(C23CC4(c5ccc(C=O)cc5)CC(c5ccc(C=O)cc5)(C2)CC(c2ccc(C=O)cc2)(C3)C4)cc1. The number of aldehydes is 4. The molecule has 4 bridgehead atoms. The van der Waals surface area contributed by atoms with Crippen molar-refractivity contribution in [2.24, 2.45) is 0 Å². The van der Waals surface area contributed by atoms with E-state index in [9.17, 15) is 19.2 Å². The van der Waals surface area contributed by atoms with Crippen LogP contribution in [0.1, 0.15) is 102 Å². The van der Waals surface area contributed by atoms with Gasteiger partial charge in [-0.1, -0.05) is 97.1 Å². The first-order valence-corrected chi connectivity index (χ1v) is 14.6. The molecule has 4 fully saturated rings. The van der Waals surface area contributed by atoms with Crippen LogP contribution in [-0.4, -0.2) is 25.1 Å². The highest BCUT2D eigenvalue weighted by molar-refractivity contribution is 5.76. The summed E-state index contributed by atoms with van der Waals surface area (Å²) in [5.74, 6) is 0. The zero-order valence-corrected chi connectivity index (χ0v) is 23.4. The third-order valence-electron chi connectivity index (χ3n) is 10.7. The highest BCUT2D eigenvalue weighted by Crippen LogP contribution is 2.74. The first kappa shape index (κ1) is 26.5. The Labute approximate surface area is 245 Å². The smallest absolute Gasteiger partial charge is 0.150 e. The van der Waals surface area contributed by atoms with E-state index >= 15 is 0 Å². The highest BCUT2D eigenvalue weighted by Gasteiger charge is 2.69. The standard InChI is InChI=1S/C38H32O4/c39-17-27-1-9-31(10-2-27)35-21-36(32-11-3-28(18-40)4-12-32)24-37(22-35,33-13-5-29(19-41)6-14-33)26-38(23-35,25-36)34-15-7-30(20-42)8-16-34/h1-20H,21-26H2. The zero-order chi connectivity index (χ0) is 29.0. The molecule has 0 aromatic heterocycles. The summed E-state index contributed by atoms with van der Waals surface area (Å²) in [6.07, 6.45) is 9.43. The molecule has 4 aromatic rings. The molecule has 0 aliphatic heterocycles. The van der Waals surface area contributed by atoms with Gasteiger partial charge in [0.1, 0.15) is 25.1 Å². The van der Waals surface area contributed by atoms with E-state index in [1.165, 1.54) is 22.3 Å². The van der Waals surface area contributed by atoms with E-state index < -0.39 is 0 Å².